The number of carbonyl (C=O) groups excluding carboxylic acids is 1. The van der Waals surface area contributed by atoms with Crippen LogP contribution >= 0.6 is 0 Å². The van der Waals surface area contributed by atoms with Crippen LogP contribution in [0.5, 0.6) is 5.75 Å². The van der Waals surface area contributed by atoms with Gasteiger partial charge in [0.2, 0.25) is 0 Å². The van der Waals surface area contributed by atoms with Crippen LogP contribution in [-0.4, -0.2) is 51.0 Å². The third-order valence-electron chi connectivity index (χ3n) is 7.39. The molecule has 0 bridgehead atoms. The van der Waals surface area contributed by atoms with Crippen LogP contribution in [0.2, 0.25) is 0 Å². The van der Waals surface area contributed by atoms with Gasteiger partial charge in [-0.15, -0.1) is 0 Å². The van der Waals surface area contributed by atoms with Crippen molar-refractivity contribution in [3.63, 3.8) is 0 Å². The molecule has 1 fully saturated rings. The van der Waals surface area contributed by atoms with E-state index in [9.17, 15) is 4.79 Å². The predicted molar refractivity (Wildman–Crippen MR) is 146 cm³/mol. The molecule has 1 aliphatic heterocycles. The van der Waals surface area contributed by atoms with E-state index in [4.69, 9.17) is 15.5 Å². The maximum atomic E-state index is 13.2. The molecule has 1 saturated heterocycles. The summed E-state index contributed by atoms with van der Waals surface area (Å²) in [5.41, 5.74) is 12.8. The number of ether oxygens (including phenoxy) is 1. The Morgan fingerprint density at radius 1 is 1.11 bits per heavy atom. The number of nitrogens with zero attached hydrogens (tertiary/aromatic N) is 4. The molecule has 7 nitrogen and oxygen atoms in total. The second kappa shape index (κ2) is 9.41. The van der Waals surface area contributed by atoms with Gasteiger partial charge in [0.1, 0.15) is 17.1 Å². The van der Waals surface area contributed by atoms with Crippen LogP contribution in [0.25, 0.3) is 27.9 Å². The lowest BCUT2D eigenvalue weighted by Crippen LogP contribution is -2.45. The molecule has 0 radical (unpaired) electrons. The zero-order valence-corrected chi connectivity index (χ0v) is 21.2. The topological polar surface area (TPSA) is 77.8 Å². The molecule has 2 aromatic carbocycles. The first-order valence-corrected chi connectivity index (χ1v) is 12.8. The van der Waals surface area contributed by atoms with Gasteiger partial charge >= 0.3 is 0 Å². The fourth-order valence-corrected chi connectivity index (χ4v) is 5.45. The Morgan fingerprint density at radius 3 is 2.81 bits per heavy atom. The first-order chi connectivity index (χ1) is 18.0. The molecule has 3 aromatic heterocycles. The molecule has 1 amide bonds. The van der Waals surface area contributed by atoms with E-state index in [1.807, 2.05) is 35.4 Å². The largest absolute Gasteiger partial charge is 0.497 e. The van der Waals surface area contributed by atoms with Gasteiger partial charge in [-0.25, -0.2) is 4.98 Å². The summed E-state index contributed by atoms with van der Waals surface area (Å²) in [6, 6.07) is 22.6. The van der Waals surface area contributed by atoms with Crippen LogP contribution in [0.1, 0.15) is 34.5 Å². The molecular formula is C30H31N5O2. The number of fused-ring (bicyclic) bond motifs is 2. The third-order valence-corrected chi connectivity index (χ3v) is 7.39. The van der Waals surface area contributed by atoms with Crippen LogP contribution in [0.4, 0.5) is 0 Å². The van der Waals surface area contributed by atoms with Crippen molar-refractivity contribution < 1.29 is 9.53 Å². The summed E-state index contributed by atoms with van der Waals surface area (Å²) >= 11 is 0. The lowest BCUT2D eigenvalue weighted by molar-refractivity contribution is 0.0709. The average Bonchev–Trinajstić information content (AvgIpc) is 3.45. The highest BCUT2D eigenvalue weighted by Gasteiger charge is 2.24. The predicted octanol–water partition coefficient (Wildman–Crippen LogP) is 4.88. The van der Waals surface area contributed by atoms with E-state index in [1.165, 1.54) is 0 Å². The minimum absolute atomic E-state index is 0.0204. The highest BCUT2D eigenvalue weighted by molar-refractivity contribution is 5.95. The van der Waals surface area contributed by atoms with Crippen LogP contribution in [0.3, 0.4) is 0 Å². The molecular weight excluding hydrogens is 462 g/mol. The Labute approximate surface area is 216 Å². The lowest BCUT2D eigenvalue weighted by atomic mass is 10.1. The molecule has 0 aliphatic carbocycles. The number of benzene rings is 2. The summed E-state index contributed by atoms with van der Waals surface area (Å²) in [6.45, 7) is 4.12. The number of amides is 1. The summed E-state index contributed by atoms with van der Waals surface area (Å²) in [6.07, 6.45) is 3.86. The van der Waals surface area contributed by atoms with Crippen molar-refractivity contribution in [1.82, 2.24) is 18.9 Å². The van der Waals surface area contributed by atoms with E-state index >= 15 is 0 Å². The van der Waals surface area contributed by atoms with Gasteiger partial charge in [-0.3, -0.25) is 4.79 Å². The van der Waals surface area contributed by atoms with E-state index in [1.54, 1.807) is 7.11 Å². The van der Waals surface area contributed by atoms with Crippen molar-refractivity contribution in [1.29, 1.82) is 0 Å². The third kappa shape index (κ3) is 4.25. The van der Waals surface area contributed by atoms with Crippen molar-refractivity contribution in [3.8, 4) is 17.1 Å². The van der Waals surface area contributed by atoms with Gasteiger partial charge < -0.3 is 24.3 Å². The lowest BCUT2D eigenvalue weighted by Gasteiger charge is -2.30. The molecule has 7 heteroatoms. The van der Waals surface area contributed by atoms with Gasteiger partial charge in [-0.05, 0) is 61.7 Å². The van der Waals surface area contributed by atoms with E-state index in [0.29, 0.717) is 18.7 Å². The molecule has 6 rings (SSSR count). The van der Waals surface area contributed by atoms with Crippen molar-refractivity contribution >= 4 is 22.5 Å². The van der Waals surface area contributed by atoms with E-state index in [0.717, 1.165) is 64.3 Å². The number of pyridine rings is 1. The van der Waals surface area contributed by atoms with Crippen molar-refractivity contribution in [2.75, 3.05) is 20.2 Å². The monoisotopic (exact) mass is 493 g/mol. The Kier molecular flexibility index (Phi) is 5.93. The van der Waals surface area contributed by atoms with E-state index in [-0.39, 0.29) is 11.9 Å². The summed E-state index contributed by atoms with van der Waals surface area (Å²) < 4.78 is 9.82. The number of para-hydroxylation sites is 1. The quantitative estimate of drug-likeness (QED) is 0.378. The number of aromatic nitrogens is 3. The maximum Gasteiger partial charge on any atom is 0.254 e. The number of hydrogen-bond acceptors (Lipinski definition) is 4. The number of rotatable bonds is 5. The minimum Gasteiger partial charge on any atom is -0.497 e. The number of piperidine rings is 1. The first-order valence-electron chi connectivity index (χ1n) is 12.8. The maximum absolute atomic E-state index is 13.2. The first kappa shape index (κ1) is 23.3. The second-order valence-electron chi connectivity index (χ2n) is 9.87. The van der Waals surface area contributed by atoms with Gasteiger partial charge in [0.05, 0.1) is 12.8 Å². The highest BCUT2D eigenvalue weighted by atomic mass is 16.5. The molecule has 4 heterocycles. The van der Waals surface area contributed by atoms with E-state index < -0.39 is 0 Å². The SMILES string of the molecule is COc1cccc(Cn2c(-c3nc4cc(C(=O)N5CCC[C@@H](N)C5)ccn4c3C)cc3ccccc32)c1. The molecule has 0 unspecified atom stereocenters. The summed E-state index contributed by atoms with van der Waals surface area (Å²) in [4.78, 5) is 20.1. The highest BCUT2D eigenvalue weighted by Crippen LogP contribution is 2.32. The fourth-order valence-electron chi connectivity index (χ4n) is 5.45. The summed E-state index contributed by atoms with van der Waals surface area (Å²) in [5.74, 6) is 0.860. The zero-order valence-electron chi connectivity index (χ0n) is 21.2. The van der Waals surface area contributed by atoms with Crippen molar-refractivity contribution in [2.45, 2.75) is 32.4 Å². The van der Waals surface area contributed by atoms with Crippen LogP contribution < -0.4 is 10.5 Å². The molecule has 37 heavy (non-hydrogen) atoms. The molecule has 1 aliphatic rings. The fraction of sp³-hybridized carbons (Fsp3) is 0.267. The van der Waals surface area contributed by atoms with Crippen LogP contribution in [0, 0.1) is 6.92 Å². The number of methoxy groups -OCH3 is 1. The van der Waals surface area contributed by atoms with Gasteiger partial charge in [0.15, 0.2) is 0 Å². The number of imidazole rings is 1. The Hall–Kier alpha value is -4.10. The molecule has 2 N–H and O–H groups in total. The molecule has 1 atom stereocenters. The Balaban J connectivity index is 1.42. The summed E-state index contributed by atoms with van der Waals surface area (Å²) in [7, 11) is 1.69. The van der Waals surface area contributed by atoms with Crippen LogP contribution in [0.15, 0.2) is 72.9 Å². The average molecular weight is 494 g/mol. The van der Waals surface area contributed by atoms with Crippen molar-refractivity contribution in [3.05, 3.63) is 89.7 Å². The smallest absolute Gasteiger partial charge is 0.254 e. The molecule has 0 saturated carbocycles. The van der Waals surface area contributed by atoms with Crippen molar-refractivity contribution in [2.24, 2.45) is 5.73 Å². The molecule has 0 spiro atoms. The van der Waals surface area contributed by atoms with Gasteiger partial charge in [0, 0.05) is 54.0 Å². The van der Waals surface area contributed by atoms with Gasteiger partial charge in [-0.1, -0.05) is 30.3 Å². The normalized spacial score (nSPS) is 16.0. The Bertz CT molecular complexity index is 1620. The van der Waals surface area contributed by atoms with E-state index in [2.05, 4.69) is 58.4 Å². The number of carbonyl (C=O) groups is 1. The Morgan fingerprint density at radius 2 is 1.97 bits per heavy atom. The summed E-state index contributed by atoms with van der Waals surface area (Å²) in [5, 5.41) is 1.16. The van der Waals surface area contributed by atoms with Crippen LogP contribution in [-0.2, 0) is 6.54 Å². The molecule has 5 aromatic rings. The number of likely N-dealkylation sites (tertiary alicyclic amines) is 1. The number of hydrogen-bond donors (Lipinski definition) is 1. The second-order valence-corrected chi connectivity index (χ2v) is 9.87. The zero-order chi connectivity index (χ0) is 25.5. The van der Waals surface area contributed by atoms with Gasteiger partial charge in [0.25, 0.3) is 5.91 Å². The number of aryl methyl sites for hydroxylation is 1. The number of nitrogens with two attached hydrogens (primary N) is 1. The van der Waals surface area contributed by atoms with Gasteiger partial charge in [-0.2, -0.15) is 0 Å². The minimum atomic E-state index is 0.0204. The standard InChI is InChI=1S/C30H31N5O2/c1-20-29(32-28-17-23(12-14-34(20)28)30(36)33-13-6-9-24(31)19-33)27-16-22-8-3-4-11-26(22)35(27)18-21-7-5-10-25(15-21)37-2/h3-5,7-8,10-12,14-17,24H,6,9,13,18-19,31H2,1-2H3/t24-/m1/s1. The molecule has 188 valence electrons.